The average molecular weight is 266 g/mol. The molecule has 0 amide bonds. The standard InChI is InChI=1S/C14H26N4O/c1-7-15-12-10(3)13(17-11(4)16-12)18(8-2)9-14(5,6)19/h19H,7-9H2,1-6H3,(H,15,16,17). The van der Waals surface area contributed by atoms with E-state index in [1.807, 2.05) is 34.6 Å². The van der Waals surface area contributed by atoms with Crippen LogP contribution in [0.3, 0.4) is 0 Å². The van der Waals surface area contributed by atoms with Gasteiger partial charge in [0.1, 0.15) is 17.5 Å². The van der Waals surface area contributed by atoms with Crippen molar-refractivity contribution in [3.63, 3.8) is 0 Å². The minimum absolute atomic E-state index is 0.548. The lowest BCUT2D eigenvalue weighted by molar-refractivity contribution is 0.0874. The molecule has 0 bridgehead atoms. The molecule has 108 valence electrons. The molecule has 1 heterocycles. The molecule has 0 aliphatic rings. The van der Waals surface area contributed by atoms with E-state index in [0.717, 1.165) is 36.1 Å². The number of rotatable bonds is 6. The van der Waals surface area contributed by atoms with Crippen molar-refractivity contribution in [3.05, 3.63) is 11.4 Å². The lowest BCUT2D eigenvalue weighted by Gasteiger charge is -2.30. The fraction of sp³-hybridized carbons (Fsp3) is 0.714. The summed E-state index contributed by atoms with van der Waals surface area (Å²) >= 11 is 0. The summed E-state index contributed by atoms with van der Waals surface area (Å²) in [6, 6.07) is 0. The number of nitrogens with one attached hydrogen (secondary N) is 1. The Morgan fingerprint density at radius 3 is 2.32 bits per heavy atom. The summed E-state index contributed by atoms with van der Waals surface area (Å²) in [4.78, 5) is 11.0. The van der Waals surface area contributed by atoms with Crippen LogP contribution in [0.25, 0.3) is 0 Å². The lowest BCUT2D eigenvalue weighted by atomic mass is 10.1. The largest absolute Gasteiger partial charge is 0.389 e. The topological polar surface area (TPSA) is 61.3 Å². The highest BCUT2D eigenvalue weighted by Crippen LogP contribution is 2.24. The number of aromatic nitrogens is 2. The predicted molar refractivity (Wildman–Crippen MR) is 79.9 cm³/mol. The predicted octanol–water partition coefficient (Wildman–Crippen LogP) is 2.12. The third-order valence-electron chi connectivity index (χ3n) is 2.84. The molecule has 1 aromatic rings. The number of nitrogens with zero attached hydrogens (tertiary/aromatic N) is 3. The number of hydrogen-bond donors (Lipinski definition) is 2. The van der Waals surface area contributed by atoms with Crippen molar-refractivity contribution >= 4 is 11.6 Å². The molecule has 0 aromatic carbocycles. The Morgan fingerprint density at radius 1 is 1.21 bits per heavy atom. The zero-order chi connectivity index (χ0) is 14.6. The minimum atomic E-state index is -0.750. The Labute approximate surface area is 116 Å². The third kappa shape index (κ3) is 4.35. The van der Waals surface area contributed by atoms with E-state index in [9.17, 15) is 5.11 Å². The Bertz CT molecular complexity index is 426. The summed E-state index contributed by atoms with van der Waals surface area (Å²) in [6.07, 6.45) is 0. The number of aryl methyl sites for hydroxylation is 1. The first-order chi connectivity index (χ1) is 8.78. The third-order valence-corrected chi connectivity index (χ3v) is 2.84. The highest BCUT2D eigenvalue weighted by Gasteiger charge is 2.21. The molecule has 19 heavy (non-hydrogen) atoms. The van der Waals surface area contributed by atoms with Crippen LogP contribution >= 0.6 is 0 Å². The minimum Gasteiger partial charge on any atom is -0.389 e. The van der Waals surface area contributed by atoms with E-state index in [4.69, 9.17) is 0 Å². The molecule has 5 nitrogen and oxygen atoms in total. The van der Waals surface area contributed by atoms with Crippen LogP contribution in [0.15, 0.2) is 0 Å². The summed E-state index contributed by atoms with van der Waals surface area (Å²) in [5, 5.41) is 13.3. The number of anilines is 2. The molecule has 0 fully saturated rings. The highest BCUT2D eigenvalue weighted by molar-refractivity contribution is 5.58. The van der Waals surface area contributed by atoms with Crippen LogP contribution in [0.1, 0.15) is 39.1 Å². The van der Waals surface area contributed by atoms with Crippen LogP contribution < -0.4 is 10.2 Å². The quantitative estimate of drug-likeness (QED) is 0.826. The van der Waals surface area contributed by atoms with Gasteiger partial charge in [-0.25, -0.2) is 9.97 Å². The van der Waals surface area contributed by atoms with Gasteiger partial charge in [0.2, 0.25) is 0 Å². The number of likely N-dealkylation sites (N-methyl/N-ethyl adjacent to an activating group) is 1. The number of hydrogen-bond acceptors (Lipinski definition) is 5. The zero-order valence-electron chi connectivity index (χ0n) is 12.9. The van der Waals surface area contributed by atoms with Crippen molar-refractivity contribution in [2.45, 2.75) is 47.1 Å². The van der Waals surface area contributed by atoms with Gasteiger partial charge in [0, 0.05) is 25.2 Å². The van der Waals surface area contributed by atoms with Crippen molar-refractivity contribution in [2.24, 2.45) is 0 Å². The van der Waals surface area contributed by atoms with Crippen molar-refractivity contribution in [3.8, 4) is 0 Å². The molecular weight excluding hydrogens is 240 g/mol. The average Bonchev–Trinajstić information content (AvgIpc) is 2.29. The van der Waals surface area contributed by atoms with Gasteiger partial charge in [-0.05, 0) is 41.5 Å². The second-order valence-corrected chi connectivity index (χ2v) is 5.42. The van der Waals surface area contributed by atoms with Crippen LogP contribution in [0.2, 0.25) is 0 Å². The molecule has 0 saturated carbocycles. The smallest absolute Gasteiger partial charge is 0.137 e. The first-order valence-corrected chi connectivity index (χ1v) is 6.85. The molecule has 0 saturated heterocycles. The molecule has 1 rings (SSSR count). The highest BCUT2D eigenvalue weighted by atomic mass is 16.3. The Balaban J connectivity index is 3.16. The normalized spacial score (nSPS) is 11.5. The van der Waals surface area contributed by atoms with Crippen LogP contribution in [-0.4, -0.2) is 40.3 Å². The van der Waals surface area contributed by atoms with Gasteiger partial charge in [-0.3, -0.25) is 0 Å². The van der Waals surface area contributed by atoms with E-state index in [0.29, 0.717) is 6.54 Å². The Kier molecular flexibility index (Phi) is 5.11. The van der Waals surface area contributed by atoms with Crippen LogP contribution in [-0.2, 0) is 0 Å². The van der Waals surface area contributed by atoms with Crippen molar-refractivity contribution in [2.75, 3.05) is 29.9 Å². The van der Waals surface area contributed by atoms with Gasteiger partial charge in [0.15, 0.2) is 0 Å². The monoisotopic (exact) mass is 266 g/mol. The molecule has 5 heteroatoms. The first kappa shape index (κ1) is 15.7. The zero-order valence-corrected chi connectivity index (χ0v) is 12.9. The fourth-order valence-electron chi connectivity index (χ4n) is 2.06. The van der Waals surface area contributed by atoms with E-state index in [2.05, 4.69) is 27.1 Å². The van der Waals surface area contributed by atoms with Crippen LogP contribution in [0.5, 0.6) is 0 Å². The lowest BCUT2D eigenvalue weighted by Crippen LogP contribution is -2.39. The van der Waals surface area contributed by atoms with Gasteiger partial charge < -0.3 is 15.3 Å². The van der Waals surface area contributed by atoms with Crippen LogP contribution in [0.4, 0.5) is 11.6 Å². The van der Waals surface area contributed by atoms with Crippen molar-refractivity contribution < 1.29 is 5.11 Å². The van der Waals surface area contributed by atoms with E-state index in [1.54, 1.807) is 0 Å². The Hall–Kier alpha value is -1.36. The molecule has 0 aliphatic heterocycles. The summed E-state index contributed by atoms with van der Waals surface area (Å²) in [5.41, 5.74) is 0.276. The number of aliphatic hydroxyl groups is 1. The van der Waals surface area contributed by atoms with E-state index in [-0.39, 0.29) is 0 Å². The Morgan fingerprint density at radius 2 is 1.84 bits per heavy atom. The SMILES string of the molecule is CCNc1nc(C)nc(N(CC)CC(C)(C)O)c1C. The molecule has 0 radical (unpaired) electrons. The first-order valence-electron chi connectivity index (χ1n) is 6.85. The second-order valence-electron chi connectivity index (χ2n) is 5.42. The molecule has 0 unspecified atom stereocenters. The summed E-state index contributed by atoms with van der Waals surface area (Å²) in [6.45, 7) is 13.8. The van der Waals surface area contributed by atoms with Gasteiger partial charge in [0.25, 0.3) is 0 Å². The maximum atomic E-state index is 10.0. The van der Waals surface area contributed by atoms with E-state index >= 15 is 0 Å². The van der Waals surface area contributed by atoms with Crippen LogP contribution in [0, 0.1) is 13.8 Å². The van der Waals surface area contributed by atoms with Gasteiger partial charge in [-0.15, -0.1) is 0 Å². The molecular formula is C14H26N4O. The molecule has 0 atom stereocenters. The van der Waals surface area contributed by atoms with Gasteiger partial charge in [0.05, 0.1) is 5.60 Å². The van der Waals surface area contributed by atoms with E-state index in [1.165, 1.54) is 0 Å². The summed E-state index contributed by atoms with van der Waals surface area (Å²) in [7, 11) is 0. The second kappa shape index (κ2) is 6.19. The van der Waals surface area contributed by atoms with E-state index < -0.39 is 5.60 Å². The molecule has 1 aromatic heterocycles. The summed E-state index contributed by atoms with van der Waals surface area (Å²) < 4.78 is 0. The van der Waals surface area contributed by atoms with Crippen molar-refractivity contribution in [1.82, 2.24) is 9.97 Å². The molecule has 0 spiro atoms. The summed E-state index contributed by atoms with van der Waals surface area (Å²) in [5.74, 6) is 2.51. The van der Waals surface area contributed by atoms with Gasteiger partial charge in [-0.1, -0.05) is 0 Å². The maximum Gasteiger partial charge on any atom is 0.137 e. The fourth-order valence-corrected chi connectivity index (χ4v) is 2.06. The maximum absolute atomic E-state index is 10.0. The molecule has 2 N–H and O–H groups in total. The van der Waals surface area contributed by atoms with Crippen molar-refractivity contribution in [1.29, 1.82) is 0 Å². The van der Waals surface area contributed by atoms with Gasteiger partial charge in [-0.2, -0.15) is 0 Å². The van der Waals surface area contributed by atoms with Gasteiger partial charge >= 0.3 is 0 Å². The molecule has 0 aliphatic carbocycles.